The van der Waals surface area contributed by atoms with Gasteiger partial charge in [-0.1, -0.05) is 24.3 Å². The van der Waals surface area contributed by atoms with Crippen LogP contribution in [0.1, 0.15) is 10.4 Å². The zero-order valence-corrected chi connectivity index (χ0v) is 15.7. The molecule has 0 saturated carbocycles. The minimum Gasteiger partial charge on any atom is -0.497 e. The summed E-state index contributed by atoms with van der Waals surface area (Å²) in [6.45, 7) is 2.16. The monoisotopic (exact) mass is 370 g/mol. The Morgan fingerprint density at radius 3 is 2.37 bits per heavy atom. The van der Waals surface area contributed by atoms with Crippen LogP contribution in [0.4, 0.5) is 0 Å². The summed E-state index contributed by atoms with van der Waals surface area (Å²) in [5.74, 6) is 2.00. The van der Waals surface area contributed by atoms with Crippen LogP contribution in [0, 0.1) is 0 Å². The van der Waals surface area contributed by atoms with Crippen LogP contribution in [0.5, 0.6) is 11.5 Å². The Kier molecular flexibility index (Phi) is 8.49. The molecule has 0 saturated heterocycles. The molecule has 144 valence electrons. The average molecular weight is 370 g/mol. The van der Waals surface area contributed by atoms with E-state index >= 15 is 0 Å². The molecule has 0 aliphatic carbocycles. The molecule has 0 atom stereocenters. The van der Waals surface area contributed by atoms with Crippen molar-refractivity contribution in [1.82, 2.24) is 16.0 Å². The van der Waals surface area contributed by atoms with Crippen LogP contribution < -0.4 is 25.4 Å². The van der Waals surface area contributed by atoms with Crippen LogP contribution in [-0.4, -0.2) is 52.3 Å². The number of para-hydroxylation sites is 1. The van der Waals surface area contributed by atoms with Gasteiger partial charge in [0.15, 0.2) is 5.96 Å². The summed E-state index contributed by atoms with van der Waals surface area (Å²) in [6.07, 6.45) is 0. The molecule has 2 aromatic rings. The van der Waals surface area contributed by atoms with Gasteiger partial charge in [0.2, 0.25) is 0 Å². The third-order valence-corrected chi connectivity index (χ3v) is 3.66. The van der Waals surface area contributed by atoms with E-state index in [4.69, 9.17) is 9.47 Å². The molecule has 3 N–H and O–H groups in total. The topological polar surface area (TPSA) is 84.0 Å². The molecule has 7 heteroatoms. The number of hydrogen-bond donors (Lipinski definition) is 3. The van der Waals surface area contributed by atoms with E-state index in [1.165, 1.54) is 0 Å². The molecule has 27 heavy (non-hydrogen) atoms. The lowest BCUT2D eigenvalue weighted by Gasteiger charge is -2.13. The number of carbonyl (C=O) groups excluding carboxylic acids is 1. The van der Waals surface area contributed by atoms with E-state index in [2.05, 4.69) is 20.9 Å². The Hall–Kier alpha value is -3.22. The molecule has 0 spiro atoms. The van der Waals surface area contributed by atoms with E-state index in [0.29, 0.717) is 43.5 Å². The number of benzene rings is 2. The molecule has 2 aromatic carbocycles. The van der Waals surface area contributed by atoms with Gasteiger partial charge in [-0.3, -0.25) is 9.79 Å². The largest absolute Gasteiger partial charge is 0.497 e. The number of ether oxygens (including phenoxy) is 2. The van der Waals surface area contributed by atoms with E-state index in [1.54, 1.807) is 38.4 Å². The number of rotatable bonds is 9. The quantitative estimate of drug-likeness (QED) is 0.355. The fourth-order valence-corrected chi connectivity index (χ4v) is 2.30. The molecule has 1 amide bonds. The molecule has 0 aromatic heterocycles. The Morgan fingerprint density at radius 2 is 1.63 bits per heavy atom. The van der Waals surface area contributed by atoms with Crippen LogP contribution in [0.3, 0.4) is 0 Å². The van der Waals surface area contributed by atoms with Gasteiger partial charge in [0.05, 0.1) is 13.7 Å². The highest BCUT2D eigenvalue weighted by molar-refractivity contribution is 5.94. The summed E-state index contributed by atoms with van der Waals surface area (Å²) in [4.78, 5) is 16.3. The summed E-state index contributed by atoms with van der Waals surface area (Å²) < 4.78 is 10.7. The molecule has 0 radical (unpaired) electrons. The van der Waals surface area contributed by atoms with Gasteiger partial charge >= 0.3 is 0 Å². The lowest BCUT2D eigenvalue weighted by molar-refractivity contribution is 0.0954. The Labute approximate surface area is 159 Å². The van der Waals surface area contributed by atoms with Crippen LogP contribution in [0.15, 0.2) is 59.6 Å². The third kappa shape index (κ3) is 7.27. The van der Waals surface area contributed by atoms with Crippen molar-refractivity contribution < 1.29 is 14.3 Å². The average Bonchev–Trinajstić information content (AvgIpc) is 2.73. The number of guanidine groups is 1. The summed E-state index contributed by atoms with van der Waals surface area (Å²) in [6, 6.07) is 16.7. The first-order valence-corrected chi connectivity index (χ1v) is 8.77. The molecule has 0 fully saturated rings. The first-order valence-electron chi connectivity index (χ1n) is 8.77. The van der Waals surface area contributed by atoms with Gasteiger partial charge in [-0.25, -0.2) is 0 Å². The van der Waals surface area contributed by atoms with Crippen molar-refractivity contribution in [1.29, 1.82) is 0 Å². The second kappa shape index (κ2) is 11.4. The smallest absolute Gasteiger partial charge is 0.251 e. The number of nitrogens with zero attached hydrogens (tertiary/aromatic N) is 1. The zero-order valence-electron chi connectivity index (χ0n) is 15.7. The number of methoxy groups -OCH3 is 1. The van der Waals surface area contributed by atoms with Crippen LogP contribution in [0.2, 0.25) is 0 Å². The van der Waals surface area contributed by atoms with Gasteiger partial charge < -0.3 is 25.4 Å². The normalized spacial score (nSPS) is 10.8. The maximum absolute atomic E-state index is 12.1. The lowest BCUT2D eigenvalue weighted by atomic mass is 10.2. The summed E-state index contributed by atoms with van der Waals surface area (Å²) in [5, 5.41) is 9.15. The summed E-state index contributed by atoms with van der Waals surface area (Å²) in [7, 11) is 3.27. The molecular formula is C20H26N4O3. The highest BCUT2D eigenvalue weighted by atomic mass is 16.5. The molecule has 0 bridgehead atoms. The van der Waals surface area contributed by atoms with Crippen molar-refractivity contribution in [3.8, 4) is 11.5 Å². The van der Waals surface area contributed by atoms with E-state index in [0.717, 1.165) is 5.75 Å². The predicted octanol–water partition coefficient (Wildman–Crippen LogP) is 1.67. The number of hydrogen-bond acceptors (Lipinski definition) is 4. The van der Waals surface area contributed by atoms with Gasteiger partial charge in [-0.15, -0.1) is 0 Å². The maximum Gasteiger partial charge on any atom is 0.251 e. The second-order valence-corrected chi connectivity index (χ2v) is 5.58. The molecule has 0 aliphatic rings. The van der Waals surface area contributed by atoms with Crippen molar-refractivity contribution in [2.75, 3.05) is 40.4 Å². The summed E-state index contributed by atoms with van der Waals surface area (Å²) >= 11 is 0. The first kappa shape index (κ1) is 20.1. The van der Waals surface area contributed by atoms with Crippen molar-refractivity contribution in [2.45, 2.75) is 0 Å². The van der Waals surface area contributed by atoms with Crippen LogP contribution in [0.25, 0.3) is 0 Å². The summed E-state index contributed by atoms with van der Waals surface area (Å²) in [5.41, 5.74) is 0.565. The molecule has 0 aliphatic heterocycles. The van der Waals surface area contributed by atoms with Gasteiger partial charge in [0.25, 0.3) is 5.91 Å². The van der Waals surface area contributed by atoms with E-state index < -0.39 is 0 Å². The maximum atomic E-state index is 12.1. The van der Waals surface area contributed by atoms with Crippen molar-refractivity contribution in [3.63, 3.8) is 0 Å². The fourth-order valence-electron chi connectivity index (χ4n) is 2.30. The number of nitrogens with one attached hydrogen (secondary N) is 3. The highest BCUT2D eigenvalue weighted by Gasteiger charge is 2.06. The molecule has 2 rings (SSSR count). The molecular weight excluding hydrogens is 344 g/mol. The van der Waals surface area contributed by atoms with Gasteiger partial charge in [-0.05, 0) is 30.3 Å². The Morgan fingerprint density at radius 1 is 0.926 bits per heavy atom. The number of aliphatic imine (C=N–C) groups is 1. The van der Waals surface area contributed by atoms with Crippen molar-refractivity contribution >= 4 is 11.9 Å². The second-order valence-electron chi connectivity index (χ2n) is 5.58. The zero-order chi connectivity index (χ0) is 19.3. The predicted molar refractivity (Wildman–Crippen MR) is 107 cm³/mol. The SMILES string of the molecule is CN=C(NCCNC(=O)c1cccc(OC)c1)NCCOc1ccccc1. The molecule has 0 unspecified atom stereocenters. The number of carbonyl (C=O) groups is 1. The van der Waals surface area contributed by atoms with Gasteiger partial charge in [0, 0.05) is 25.7 Å². The molecule has 7 nitrogen and oxygen atoms in total. The minimum absolute atomic E-state index is 0.144. The molecule has 0 heterocycles. The van der Waals surface area contributed by atoms with Gasteiger partial charge in [-0.2, -0.15) is 0 Å². The highest BCUT2D eigenvalue weighted by Crippen LogP contribution is 2.12. The van der Waals surface area contributed by atoms with Crippen molar-refractivity contribution in [2.24, 2.45) is 4.99 Å². The van der Waals surface area contributed by atoms with Crippen LogP contribution in [-0.2, 0) is 0 Å². The van der Waals surface area contributed by atoms with Crippen molar-refractivity contribution in [3.05, 3.63) is 60.2 Å². The van der Waals surface area contributed by atoms with E-state index in [9.17, 15) is 4.79 Å². The minimum atomic E-state index is -0.144. The first-order chi connectivity index (χ1) is 13.2. The Balaban J connectivity index is 1.62. The standard InChI is InChI=1S/C20H26N4O3/c1-21-20(24-13-14-27-17-8-4-3-5-9-17)23-12-11-22-19(25)16-7-6-10-18(15-16)26-2/h3-10,15H,11-14H2,1-2H3,(H,22,25)(H2,21,23,24). The third-order valence-electron chi connectivity index (χ3n) is 3.66. The van der Waals surface area contributed by atoms with Crippen LogP contribution >= 0.6 is 0 Å². The fraction of sp³-hybridized carbons (Fsp3) is 0.300. The Bertz CT molecular complexity index is 735. The van der Waals surface area contributed by atoms with E-state index in [1.807, 2.05) is 30.3 Å². The van der Waals surface area contributed by atoms with E-state index in [-0.39, 0.29) is 5.91 Å². The van der Waals surface area contributed by atoms with Gasteiger partial charge in [0.1, 0.15) is 18.1 Å². The lowest BCUT2D eigenvalue weighted by Crippen LogP contribution is -2.42. The number of amides is 1.